The number of carbonyl (C=O) groups is 1. The van der Waals surface area contributed by atoms with E-state index in [2.05, 4.69) is 19.2 Å². The van der Waals surface area contributed by atoms with Gasteiger partial charge in [-0.05, 0) is 51.2 Å². The summed E-state index contributed by atoms with van der Waals surface area (Å²) in [6, 6.07) is 0. The van der Waals surface area contributed by atoms with Crippen molar-refractivity contribution in [1.82, 2.24) is 5.32 Å². The summed E-state index contributed by atoms with van der Waals surface area (Å²) in [4.78, 5) is 11.9. The molecule has 1 atom stereocenters. The van der Waals surface area contributed by atoms with Crippen molar-refractivity contribution in [2.45, 2.75) is 52.5 Å². The van der Waals surface area contributed by atoms with Crippen LogP contribution in [-0.4, -0.2) is 36.2 Å². The fourth-order valence-corrected chi connectivity index (χ4v) is 2.52. The van der Waals surface area contributed by atoms with Crippen LogP contribution in [0.5, 0.6) is 0 Å². The molecule has 1 N–H and O–H groups in total. The lowest BCUT2D eigenvalue weighted by Crippen LogP contribution is -2.51. The van der Waals surface area contributed by atoms with E-state index in [1.165, 1.54) is 6.42 Å². The van der Waals surface area contributed by atoms with Crippen molar-refractivity contribution in [3.8, 4) is 0 Å². The molecule has 0 saturated heterocycles. The molecule has 0 amide bonds. The zero-order valence-corrected chi connectivity index (χ0v) is 12.5. The molecule has 17 heavy (non-hydrogen) atoms. The van der Waals surface area contributed by atoms with Gasteiger partial charge in [-0.3, -0.25) is 4.79 Å². The van der Waals surface area contributed by atoms with E-state index in [1.807, 2.05) is 25.6 Å². The molecule has 0 aliphatic carbocycles. The van der Waals surface area contributed by atoms with Crippen LogP contribution in [0.4, 0.5) is 0 Å². The molecule has 4 heteroatoms. The Bertz CT molecular complexity index is 212. The second-order valence-corrected chi connectivity index (χ2v) is 5.57. The number of ether oxygens (including phenoxy) is 1. The maximum absolute atomic E-state index is 11.9. The van der Waals surface area contributed by atoms with E-state index in [1.54, 1.807) is 0 Å². The second-order valence-electron chi connectivity index (χ2n) is 4.34. The molecule has 0 aromatic heterocycles. The van der Waals surface area contributed by atoms with Crippen molar-refractivity contribution >= 4 is 17.7 Å². The number of hydrogen-bond acceptors (Lipinski definition) is 4. The molecule has 0 spiro atoms. The minimum atomic E-state index is -0.521. The topological polar surface area (TPSA) is 38.3 Å². The van der Waals surface area contributed by atoms with Crippen LogP contribution >= 0.6 is 11.8 Å². The molecule has 0 heterocycles. The van der Waals surface area contributed by atoms with E-state index < -0.39 is 5.54 Å². The number of rotatable bonds is 10. The maximum atomic E-state index is 11.9. The summed E-state index contributed by atoms with van der Waals surface area (Å²) >= 11 is 1.90. The lowest BCUT2D eigenvalue weighted by Gasteiger charge is -2.28. The van der Waals surface area contributed by atoms with Gasteiger partial charge in [-0.15, -0.1) is 0 Å². The zero-order chi connectivity index (χ0) is 13.1. The Morgan fingerprint density at radius 2 is 1.94 bits per heavy atom. The third-order valence-electron chi connectivity index (χ3n) is 2.59. The monoisotopic (exact) mass is 261 g/mol. The summed E-state index contributed by atoms with van der Waals surface area (Å²) in [6.45, 7) is 9.38. The molecular formula is C13H27NO2S. The molecule has 0 aliphatic rings. The first-order valence-electron chi connectivity index (χ1n) is 6.60. The third kappa shape index (κ3) is 6.94. The number of carbonyl (C=O) groups excluding carboxylic acids is 1. The molecule has 0 rings (SSSR count). The zero-order valence-electron chi connectivity index (χ0n) is 11.7. The summed E-state index contributed by atoms with van der Waals surface area (Å²) in [7, 11) is 0. The summed E-state index contributed by atoms with van der Waals surface area (Å²) in [5.74, 6) is 2.04. The van der Waals surface area contributed by atoms with Crippen molar-refractivity contribution in [2.75, 3.05) is 24.7 Å². The van der Waals surface area contributed by atoms with E-state index in [4.69, 9.17) is 4.74 Å². The predicted octanol–water partition coefficient (Wildman–Crippen LogP) is 2.84. The van der Waals surface area contributed by atoms with Crippen LogP contribution in [0.15, 0.2) is 0 Å². The molecule has 0 bridgehead atoms. The van der Waals surface area contributed by atoms with E-state index in [-0.39, 0.29) is 5.97 Å². The fourth-order valence-electron chi connectivity index (χ4n) is 1.48. The summed E-state index contributed by atoms with van der Waals surface area (Å²) < 4.78 is 5.15. The molecule has 0 radical (unpaired) electrons. The average molecular weight is 261 g/mol. The minimum Gasteiger partial charge on any atom is -0.465 e. The van der Waals surface area contributed by atoms with Crippen LogP contribution in [0.1, 0.15) is 47.0 Å². The van der Waals surface area contributed by atoms with Gasteiger partial charge in [0.1, 0.15) is 5.54 Å². The number of esters is 1. The standard InChI is InChI=1S/C13H27NO2S/c1-5-9-14-13(4,12(15)16-7-3)8-11-17-10-6-2/h14H,5-11H2,1-4H3. The van der Waals surface area contributed by atoms with Gasteiger partial charge >= 0.3 is 5.97 Å². The van der Waals surface area contributed by atoms with Crippen molar-refractivity contribution in [2.24, 2.45) is 0 Å². The summed E-state index contributed by atoms with van der Waals surface area (Å²) in [6.07, 6.45) is 3.04. The van der Waals surface area contributed by atoms with Gasteiger partial charge in [0.15, 0.2) is 0 Å². The Morgan fingerprint density at radius 3 is 2.47 bits per heavy atom. The van der Waals surface area contributed by atoms with Crippen LogP contribution in [0.2, 0.25) is 0 Å². The van der Waals surface area contributed by atoms with Crippen LogP contribution in [-0.2, 0) is 9.53 Å². The van der Waals surface area contributed by atoms with Gasteiger partial charge < -0.3 is 10.1 Å². The molecule has 1 unspecified atom stereocenters. The smallest absolute Gasteiger partial charge is 0.326 e. The fraction of sp³-hybridized carbons (Fsp3) is 0.923. The molecule has 0 saturated carbocycles. The quantitative estimate of drug-likeness (QED) is 0.485. The van der Waals surface area contributed by atoms with E-state index in [0.717, 1.165) is 30.9 Å². The Morgan fingerprint density at radius 1 is 1.24 bits per heavy atom. The molecule has 102 valence electrons. The Hall–Kier alpha value is -0.220. The average Bonchev–Trinajstić information content (AvgIpc) is 2.32. The first-order chi connectivity index (χ1) is 8.10. The van der Waals surface area contributed by atoms with Crippen LogP contribution < -0.4 is 5.32 Å². The van der Waals surface area contributed by atoms with E-state index >= 15 is 0 Å². The van der Waals surface area contributed by atoms with Crippen molar-refractivity contribution in [3.05, 3.63) is 0 Å². The van der Waals surface area contributed by atoms with Gasteiger partial charge in [0.05, 0.1) is 6.61 Å². The lowest BCUT2D eigenvalue weighted by atomic mass is 9.99. The SMILES string of the molecule is CCCNC(C)(CCSCCC)C(=O)OCC. The first-order valence-corrected chi connectivity index (χ1v) is 7.76. The van der Waals surface area contributed by atoms with Crippen molar-refractivity contribution in [1.29, 1.82) is 0 Å². The molecule has 0 fully saturated rings. The Balaban J connectivity index is 4.22. The summed E-state index contributed by atoms with van der Waals surface area (Å²) in [5.41, 5.74) is -0.521. The normalized spacial score (nSPS) is 14.4. The van der Waals surface area contributed by atoms with Gasteiger partial charge in [-0.2, -0.15) is 11.8 Å². The van der Waals surface area contributed by atoms with Gasteiger partial charge in [0.25, 0.3) is 0 Å². The van der Waals surface area contributed by atoms with Gasteiger partial charge in [-0.1, -0.05) is 13.8 Å². The van der Waals surface area contributed by atoms with Crippen LogP contribution in [0.25, 0.3) is 0 Å². The second kappa shape index (κ2) is 9.77. The van der Waals surface area contributed by atoms with Gasteiger partial charge in [-0.25, -0.2) is 0 Å². The number of thioether (sulfide) groups is 1. The first kappa shape index (κ1) is 16.8. The van der Waals surface area contributed by atoms with Gasteiger partial charge in [0, 0.05) is 0 Å². The molecule has 0 aromatic rings. The molecule has 3 nitrogen and oxygen atoms in total. The number of hydrogen-bond donors (Lipinski definition) is 1. The maximum Gasteiger partial charge on any atom is 0.326 e. The molecular weight excluding hydrogens is 234 g/mol. The highest BCUT2D eigenvalue weighted by Crippen LogP contribution is 2.17. The molecule has 0 aliphatic heterocycles. The molecule has 0 aromatic carbocycles. The van der Waals surface area contributed by atoms with Crippen LogP contribution in [0, 0.1) is 0 Å². The van der Waals surface area contributed by atoms with E-state index in [9.17, 15) is 4.79 Å². The predicted molar refractivity (Wildman–Crippen MR) is 75.6 cm³/mol. The Labute approximate surface area is 110 Å². The third-order valence-corrected chi connectivity index (χ3v) is 3.78. The highest BCUT2D eigenvalue weighted by atomic mass is 32.2. The number of nitrogens with one attached hydrogen (secondary N) is 1. The minimum absolute atomic E-state index is 0.120. The Kier molecular flexibility index (Phi) is 9.65. The highest BCUT2D eigenvalue weighted by Gasteiger charge is 2.33. The highest BCUT2D eigenvalue weighted by molar-refractivity contribution is 7.99. The van der Waals surface area contributed by atoms with Crippen molar-refractivity contribution < 1.29 is 9.53 Å². The summed E-state index contributed by atoms with van der Waals surface area (Å²) in [5, 5.41) is 3.32. The van der Waals surface area contributed by atoms with Gasteiger partial charge in [0.2, 0.25) is 0 Å². The van der Waals surface area contributed by atoms with E-state index in [0.29, 0.717) is 6.61 Å². The van der Waals surface area contributed by atoms with Crippen LogP contribution in [0.3, 0.4) is 0 Å². The van der Waals surface area contributed by atoms with Crippen molar-refractivity contribution in [3.63, 3.8) is 0 Å². The largest absolute Gasteiger partial charge is 0.465 e. The lowest BCUT2D eigenvalue weighted by molar-refractivity contribution is -0.150.